The largest absolute Gasteiger partial charge is 0.393 e. The monoisotopic (exact) mass is 222 g/mol. The van der Waals surface area contributed by atoms with Gasteiger partial charge < -0.3 is 5.11 Å². The van der Waals surface area contributed by atoms with Crippen molar-refractivity contribution in [3.05, 3.63) is 24.3 Å². The van der Waals surface area contributed by atoms with E-state index in [1.54, 1.807) is 0 Å². The van der Waals surface area contributed by atoms with Crippen LogP contribution in [0.4, 0.5) is 0 Å². The maximum absolute atomic E-state index is 9.70. The number of aliphatic hydroxyl groups is 1. The highest BCUT2D eigenvalue weighted by Gasteiger charge is 2.40. The Morgan fingerprint density at radius 3 is 2.25 bits per heavy atom. The summed E-state index contributed by atoms with van der Waals surface area (Å²) < 4.78 is 0. The molecule has 2 atom stereocenters. The Kier molecular flexibility index (Phi) is 3.40. The lowest BCUT2D eigenvalue weighted by Gasteiger charge is -2.37. The summed E-state index contributed by atoms with van der Waals surface area (Å²) in [5.41, 5.74) is 0.235. The quantitative estimate of drug-likeness (QED) is 0.717. The van der Waals surface area contributed by atoms with Crippen LogP contribution in [0.2, 0.25) is 0 Å². The van der Waals surface area contributed by atoms with E-state index in [0.29, 0.717) is 0 Å². The fourth-order valence-electron chi connectivity index (χ4n) is 1.87. The molecule has 0 amide bonds. The third kappa shape index (κ3) is 2.40. The van der Waals surface area contributed by atoms with Gasteiger partial charge in [-0.2, -0.15) is 0 Å². The lowest BCUT2D eigenvalue weighted by Crippen LogP contribution is -2.30. The molecule has 1 aliphatic carbocycles. The van der Waals surface area contributed by atoms with Gasteiger partial charge >= 0.3 is 0 Å². The van der Waals surface area contributed by atoms with Gasteiger partial charge in [0.05, 0.1) is 6.10 Å². The summed E-state index contributed by atoms with van der Waals surface area (Å²) in [5, 5.41) is 9.70. The molecular weight excluding hydrogens is 196 g/mol. The molecule has 0 saturated carbocycles. The predicted molar refractivity (Wildman–Crippen MR) is 70.2 cm³/mol. The van der Waals surface area contributed by atoms with Crippen LogP contribution in [0.3, 0.4) is 0 Å². The molecule has 1 heteroatoms. The molecule has 0 saturated heterocycles. The van der Waals surface area contributed by atoms with E-state index < -0.39 is 0 Å². The summed E-state index contributed by atoms with van der Waals surface area (Å²) in [4.78, 5) is 0. The zero-order valence-corrected chi connectivity index (χ0v) is 11.5. The van der Waals surface area contributed by atoms with Crippen LogP contribution in [0.15, 0.2) is 24.3 Å². The van der Waals surface area contributed by atoms with Crippen LogP contribution >= 0.6 is 0 Å². The molecule has 1 nitrogen and oxygen atoms in total. The topological polar surface area (TPSA) is 20.2 Å². The molecule has 0 aromatic heterocycles. The maximum atomic E-state index is 9.70. The van der Waals surface area contributed by atoms with E-state index in [1.807, 2.05) is 6.92 Å². The van der Waals surface area contributed by atoms with Gasteiger partial charge in [-0.25, -0.2) is 0 Å². The molecule has 0 aromatic rings. The Bertz CT molecular complexity index is 307. The second kappa shape index (κ2) is 4.03. The van der Waals surface area contributed by atoms with Crippen molar-refractivity contribution in [2.24, 2.45) is 16.2 Å². The molecule has 16 heavy (non-hydrogen) atoms. The molecule has 1 rings (SSSR count). The molecule has 0 heterocycles. The van der Waals surface area contributed by atoms with Crippen LogP contribution < -0.4 is 0 Å². The first-order valence-corrected chi connectivity index (χ1v) is 6.17. The van der Waals surface area contributed by atoms with Gasteiger partial charge in [0.1, 0.15) is 0 Å². The van der Waals surface area contributed by atoms with Crippen molar-refractivity contribution in [1.29, 1.82) is 0 Å². The fraction of sp³-hybridized carbons (Fsp3) is 0.733. The first-order chi connectivity index (χ1) is 7.11. The highest BCUT2D eigenvalue weighted by atomic mass is 16.3. The van der Waals surface area contributed by atoms with E-state index in [1.165, 1.54) is 0 Å². The first kappa shape index (κ1) is 13.5. The van der Waals surface area contributed by atoms with Crippen molar-refractivity contribution in [3.8, 4) is 0 Å². The number of hydrogen-bond donors (Lipinski definition) is 1. The Hall–Kier alpha value is -0.560. The Morgan fingerprint density at radius 2 is 1.88 bits per heavy atom. The minimum Gasteiger partial charge on any atom is -0.393 e. The molecule has 0 spiro atoms. The van der Waals surface area contributed by atoms with Crippen molar-refractivity contribution >= 4 is 0 Å². The first-order valence-electron chi connectivity index (χ1n) is 6.17. The average molecular weight is 222 g/mol. The molecule has 0 bridgehead atoms. The molecule has 0 fully saturated rings. The van der Waals surface area contributed by atoms with E-state index in [2.05, 4.69) is 58.9 Å². The summed E-state index contributed by atoms with van der Waals surface area (Å²) in [6.07, 6.45) is 9.80. The van der Waals surface area contributed by atoms with Crippen LogP contribution in [0.25, 0.3) is 0 Å². The van der Waals surface area contributed by atoms with Crippen molar-refractivity contribution in [3.63, 3.8) is 0 Å². The smallest absolute Gasteiger partial charge is 0.0597 e. The average Bonchev–Trinajstić information content (AvgIpc) is 2.39. The Labute approximate surface area is 100 Å². The lowest BCUT2D eigenvalue weighted by molar-refractivity contribution is 0.0979. The number of rotatable bonds is 3. The van der Waals surface area contributed by atoms with E-state index in [9.17, 15) is 5.11 Å². The third-order valence-corrected chi connectivity index (χ3v) is 4.51. The fourth-order valence-corrected chi connectivity index (χ4v) is 1.87. The molecule has 1 N–H and O–H groups in total. The van der Waals surface area contributed by atoms with E-state index in [0.717, 1.165) is 6.42 Å². The van der Waals surface area contributed by atoms with Crippen molar-refractivity contribution < 1.29 is 5.11 Å². The third-order valence-electron chi connectivity index (χ3n) is 4.51. The molecule has 0 aliphatic heterocycles. The van der Waals surface area contributed by atoms with Crippen molar-refractivity contribution in [2.75, 3.05) is 0 Å². The van der Waals surface area contributed by atoms with E-state index >= 15 is 0 Å². The molecule has 0 aromatic carbocycles. The van der Waals surface area contributed by atoms with Crippen LogP contribution in [0, 0.1) is 16.2 Å². The second-order valence-electron chi connectivity index (χ2n) is 6.58. The highest BCUT2D eigenvalue weighted by molar-refractivity contribution is 5.21. The minimum atomic E-state index is -0.315. The van der Waals surface area contributed by atoms with E-state index in [-0.39, 0.29) is 22.3 Å². The van der Waals surface area contributed by atoms with Crippen molar-refractivity contribution in [1.82, 2.24) is 0 Å². The minimum absolute atomic E-state index is 0.151. The summed E-state index contributed by atoms with van der Waals surface area (Å²) >= 11 is 0. The molecular formula is C15H26O. The van der Waals surface area contributed by atoms with Gasteiger partial charge in [-0.15, -0.1) is 0 Å². The highest BCUT2D eigenvalue weighted by Crippen LogP contribution is 2.49. The Morgan fingerprint density at radius 1 is 1.31 bits per heavy atom. The number of allylic oxidation sites excluding steroid dienone is 3. The van der Waals surface area contributed by atoms with Crippen molar-refractivity contribution in [2.45, 2.75) is 54.1 Å². The van der Waals surface area contributed by atoms with Gasteiger partial charge in [0.25, 0.3) is 0 Å². The zero-order chi connectivity index (χ0) is 12.6. The molecule has 92 valence electrons. The molecule has 2 unspecified atom stereocenters. The number of hydrogen-bond acceptors (Lipinski definition) is 1. The summed E-state index contributed by atoms with van der Waals surface area (Å²) in [6, 6.07) is 0. The maximum Gasteiger partial charge on any atom is 0.0597 e. The van der Waals surface area contributed by atoms with Gasteiger partial charge in [0.15, 0.2) is 0 Å². The second-order valence-corrected chi connectivity index (χ2v) is 6.58. The zero-order valence-electron chi connectivity index (χ0n) is 11.5. The van der Waals surface area contributed by atoms with E-state index in [4.69, 9.17) is 0 Å². The van der Waals surface area contributed by atoms with Gasteiger partial charge in [0.2, 0.25) is 0 Å². The van der Waals surface area contributed by atoms with Gasteiger partial charge in [0, 0.05) is 5.41 Å². The lowest BCUT2D eigenvalue weighted by atomic mass is 9.68. The van der Waals surface area contributed by atoms with Crippen LogP contribution in [0.1, 0.15) is 48.0 Å². The standard InChI is InChI=1S/C15H26O/c1-12(16)13(2,3)10-11-15(6)9-7-8-14(15,4)5/h7-8,10-12,16H,9H2,1-6H3. The Balaban J connectivity index is 2.86. The van der Waals surface area contributed by atoms with Crippen LogP contribution in [-0.4, -0.2) is 11.2 Å². The number of aliphatic hydroxyl groups excluding tert-OH is 1. The summed E-state index contributed by atoms with van der Waals surface area (Å²) in [6.45, 7) is 12.8. The van der Waals surface area contributed by atoms with Gasteiger partial charge in [-0.1, -0.05) is 58.9 Å². The molecule has 1 aliphatic rings. The predicted octanol–water partition coefficient (Wildman–Crippen LogP) is 3.94. The summed E-state index contributed by atoms with van der Waals surface area (Å²) in [5.74, 6) is 0. The van der Waals surface area contributed by atoms with Gasteiger partial charge in [-0.3, -0.25) is 0 Å². The summed E-state index contributed by atoms with van der Waals surface area (Å²) in [7, 11) is 0. The van der Waals surface area contributed by atoms with Crippen LogP contribution in [-0.2, 0) is 0 Å². The van der Waals surface area contributed by atoms with Gasteiger partial charge in [-0.05, 0) is 24.2 Å². The van der Waals surface area contributed by atoms with Crippen LogP contribution in [0.5, 0.6) is 0 Å². The molecule has 0 radical (unpaired) electrons. The normalized spacial score (nSPS) is 31.2. The SMILES string of the molecule is CC(O)C(C)(C)C=CC1(C)CC=CC1(C)C.